The van der Waals surface area contributed by atoms with Crippen LogP contribution in [0.2, 0.25) is 0 Å². The Morgan fingerprint density at radius 2 is 0.894 bits per heavy atom. The third kappa shape index (κ3) is 8.58. The zero-order valence-electron chi connectivity index (χ0n) is 44.0. The Morgan fingerprint density at radius 1 is 0.376 bits per heavy atom. The smallest absolute Gasteiger partial charge is 0.179 e. The molecule has 0 aliphatic rings. The number of hydrogen-bond acceptors (Lipinski definition) is 7. The van der Waals surface area contributed by atoms with E-state index in [1.807, 2.05) is 122 Å². The van der Waals surface area contributed by atoms with Crippen molar-refractivity contribution in [1.29, 1.82) is 0 Å². The Bertz CT molecular complexity index is 5590. The first-order chi connectivity index (χ1) is 41.0. The number of pyridine rings is 6. The van der Waals surface area contributed by atoms with Gasteiger partial charge in [0.05, 0.1) is 60.9 Å². The van der Waals surface area contributed by atoms with Crippen LogP contribution in [0.25, 0.3) is 132 Å². The molecule has 8 aromatic carbocycles. The zero-order valence-corrected chi connectivity index (χ0v) is 45.6. The van der Waals surface area contributed by atoms with Crippen LogP contribution in [0, 0.1) is 0 Å². The van der Waals surface area contributed by atoms with Crippen LogP contribution >= 0.6 is 15.9 Å². The molecule has 1 N–H and O–H groups in total. The first-order valence-electron chi connectivity index (χ1n) is 27.1. The number of imidazole rings is 2. The molecule has 0 amide bonds. The van der Waals surface area contributed by atoms with Gasteiger partial charge in [-0.3, -0.25) is 27.7 Å². The summed E-state index contributed by atoms with van der Waals surface area (Å²) in [6, 6.07) is 77.1. The Labute approximate surface area is 494 Å². The maximum absolute atomic E-state index is 11.8. The number of ether oxygens (including phenoxy) is 1. The lowest BCUT2D eigenvalue weighted by atomic mass is 10.1. The highest BCUT2D eigenvalue weighted by molar-refractivity contribution is 9.10. The average molecular weight is 1170 g/mol. The predicted molar refractivity (Wildman–Crippen MR) is 352 cm³/mol. The largest absolute Gasteiger partial charge is 0.457 e. The molecule has 12 nitrogen and oxygen atoms in total. The molecule has 0 unspecified atom stereocenters. The van der Waals surface area contributed by atoms with Gasteiger partial charge in [-0.25, -0.2) is 19.9 Å². The minimum atomic E-state index is -0.00302. The minimum absolute atomic E-state index is 0. The monoisotopic (exact) mass is 1170 g/mol. The van der Waals surface area contributed by atoms with Crippen LogP contribution in [0.5, 0.6) is 11.5 Å². The molecule has 0 fully saturated rings. The van der Waals surface area contributed by atoms with Crippen molar-refractivity contribution in [3.8, 4) is 22.9 Å². The molecular weight excluding hydrogens is 1120 g/mol. The molecule has 13 heteroatoms. The third-order valence-electron chi connectivity index (χ3n) is 15.5. The maximum Gasteiger partial charge on any atom is 0.179 e. The number of fused-ring (bicyclic) bond motifs is 22. The number of halogens is 1. The maximum atomic E-state index is 11.8. The van der Waals surface area contributed by atoms with E-state index in [9.17, 15) is 4.79 Å². The molecule has 0 aliphatic heterocycles. The summed E-state index contributed by atoms with van der Waals surface area (Å²) in [4.78, 5) is 38.9. The van der Waals surface area contributed by atoms with Gasteiger partial charge in [0.15, 0.2) is 5.43 Å². The summed E-state index contributed by atoms with van der Waals surface area (Å²) in [6.45, 7) is 0. The van der Waals surface area contributed by atoms with Gasteiger partial charge in [0.25, 0.3) is 0 Å². The van der Waals surface area contributed by atoms with Crippen LogP contribution in [0.3, 0.4) is 0 Å². The molecule has 0 saturated carbocycles. The highest BCUT2D eigenvalue weighted by atomic mass is 79.9. The van der Waals surface area contributed by atoms with E-state index in [0.29, 0.717) is 0 Å². The number of rotatable bonds is 4. The second-order valence-electron chi connectivity index (χ2n) is 20.3. The second kappa shape index (κ2) is 21.1. The third-order valence-corrected chi connectivity index (χ3v) is 16.0. The van der Waals surface area contributed by atoms with Gasteiger partial charge in [0.1, 0.15) is 34.1 Å². The first kappa shape index (κ1) is 52.1. The summed E-state index contributed by atoms with van der Waals surface area (Å²) in [5, 5.41) is 8.64. The van der Waals surface area contributed by atoms with Crippen molar-refractivity contribution in [2.24, 2.45) is 0 Å². The molecule has 0 saturated heterocycles. The van der Waals surface area contributed by atoms with E-state index in [2.05, 4.69) is 165 Å². The average Bonchev–Trinajstić information content (AvgIpc) is 3.79. The van der Waals surface area contributed by atoms with Gasteiger partial charge in [-0.15, -0.1) is 0 Å². The number of hydrogen-bond donors (Lipinski definition) is 1. The van der Waals surface area contributed by atoms with Gasteiger partial charge < -0.3 is 9.72 Å². The summed E-state index contributed by atoms with van der Waals surface area (Å²) in [6.07, 6.45) is 7.42. The molecule has 18 aromatic rings. The summed E-state index contributed by atoms with van der Waals surface area (Å²) < 4.78 is 16.3. The van der Waals surface area contributed by atoms with Gasteiger partial charge >= 0.3 is 0 Å². The van der Waals surface area contributed by atoms with Gasteiger partial charge in [-0.05, 0) is 152 Å². The number of H-pyrrole nitrogens is 1. The molecular formula is C72H51BrN10O2. The normalized spacial score (nSPS) is 11.4. The fourth-order valence-electron chi connectivity index (χ4n) is 12.0. The summed E-state index contributed by atoms with van der Waals surface area (Å²) in [5.41, 5.74) is 16.0. The number of aromatic nitrogens is 10. The van der Waals surface area contributed by atoms with E-state index < -0.39 is 0 Å². The lowest BCUT2D eigenvalue weighted by Crippen LogP contribution is -1.99. The SMILES string of the molecule is Brc1cccc(-n2c3ccccc3c3cccnc32)c1.C.C.O=c1ccc2c(c1)c1nc3ccccc3n1c1ccc[nH]c21.c1cc(Oc2ccc3c(c2)c2nc4ccccc4n2c2cccnc32)cc(-n2c3ccccc3c3cccnc32)c1. The van der Waals surface area contributed by atoms with Crippen molar-refractivity contribution < 1.29 is 4.74 Å². The van der Waals surface area contributed by atoms with Crippen LogP contribution in [0.1, 0.15) is 14.9 Å². The summed E-state index contributed by atoms with van der Waals surface area (Å²) in [7, 11) is 0. The molecule has 0 radical (unpaired) electrons. The first-order valence-corrected chi connectivity index (χ1v) is 27.9. The van der Waals surface area contributed by atoms with Gasteiger partial charge in [0, 0.05) is 84.1 Å². The molecule has 18 rings (SSSR count). The van der Waals surface area contributed by atoms with Crippen molar-refractivity contribution in [2.75, 3.05) is 0 Å². The minimum Gasteiger partial charge on any atom is -0.457 e. The Hall–Kier alpha value is -11.0. The van der Waals surface area contributed by atoms with Gasteiger partial charge in [0.2, 0.25) is 0 Å². The van der Waals surface area contributed by atoms with Crippen molar-refractivity contribution in [2.45, 2.75) is 14.9 Å². The molecule has 408 valence electrons. The summed E-state index contributed by atoms with van der Waals surface area (Å²) >= 11 is 3.54. The number of para-hydroxylation sites is 6. The number of nitrogens with zero attached hydrogens (tertiary/aromatic N) is 9. The quantitative estimate of drug-likeness (QED) is 0.174. The van der Waals surface area contributed by atoms with Crippen LogP contribution in [0.4, 0.5) is 0 Å². The Balaban J connectivity index is 0.000000123. The van der Waals surface area contributed by atoms with E-state index >= 15 is 0 Å². The number of benzene rings is 8. The van der Waals surface area contributed by atoms with Crippen molar-refractivity contribution >= 4 is 137 Å². The Kier molecular flexibility index (Phi) is 12.9. The van der Waals surface area contributed by atoms with Crippen LogP contribution < -0.4 is 10.2 Å². The Morgan fingerprint density at radius 3 is 1.56 bits per heavy atom. The highest BCUT2D eigenvalue weighted by Crippen LogP contribution is 2.38. The standard InChI is InChI=1S/C35H21N5O.C18H11N3O.C17H11BrN2.2CH4/c1-3-13-30-25(10-1)27-11-6-19-37-34(27)39(30)22-8-5-9-23(20-22)41-24-16-17-26-28(21-24)35-38-29-12-2-4-14-31(29)40(35)32-15-7-18-36-33(26)32;22-11-7-8-12-13(10-11)18-20-14-4-1-2-5-15(14)21(18)16-6-3-9-19-17(12)16;18-12-5-3-6-13(11-12)20-16-9-2-1-7-14(16)15-8-4-10-19-17(15)20;;/h1-21H;1-10,19H;1-11H;2*1H4. The lowest BCUT2D eigenvalue weighted by molar-refractivity contribution is 0.483. The predicted octanol–water partition coefficient (Wildman–Crippen LogP) is 18.2. The highest BCUT2D eigenvalue weighted by Gasteiger charge is 2.19. The van der Waals surface area contributed by atoms with E-state index in [-0.39, 0.29) is 20.3 Å². The van der Waals surface area contributed by atoms with E-state index in [0.717, 1.165) is 127 Å². The van der Waals surface area contributed by atoms with E-state index in [1.54, 1.807) is 12.1 Å². The van der Waals surface area contributed by atoms with Crippen molar-refractivity contribution in [1.82, 2.24) is 47.8 Å². The number of aromatic amines is 1. The molecule has 0 spiro atoms. The zero-order chi connectivity index (χ0) is 55.1. The van der Waals surface area contributed by atoms with Gasteiger partial charge in [-0.1, -0.05) is 104 Å². The molecule has 85 heavy (non-hydrogen) atoms. The van der Waals surface area contributed by atoms with Crippen LogP contribution in [-0.2, 0) is 0 Å². The van der Waals surface area contributed by atoms with E-state index in [1.165, 1.54) is 21.7 Å². The molecule has 10 aromatic heterocycles. The van der Waals surface area contributed by atoms with Crippen LogP contribution in [0.15, 0.2) is 265 Å². The van der Waals surface area contributed by atoms with Crippen LogP contribution in [-0.4, -0.2) is 47.8 Å². The van der Waals surface area contributed by atoms with E-state index in [4.69, 9.17) is 24.7 Å². The molecule has 0 aliphatic carbocycles. The van der Waals surface area contributed by atoms with Crippen molar-refractivity contribution in [3.05, 3.63) is 270 Å². The summed E-state index contributed by atoms with van der Waals surface area (Å²) in [5.74, 6) is 1.48. The molecule has 10 heterocycles. The number of nitrogens with one attached hydrogen (secondary N) is 1. The fourth-order valence-corrected chi connectivity index (χ4v) is 12.4. The molecule has 0 atom stereocenters. The molecule has 0 bridgehead atoms. The topological polar surface area (TPSA) is 125 Å². The van der Waals surface area contributed by atoms with Gasteiger partial charge in [-0.2, -0.15) is 0 Å². The lowest BCUT2D eigenvalue weighted by Gasteiger charge is -2.12. The van der Waals surface area contributed by atoms with Crippen molar-refractivity contribution in [3.63, 3.8) is 0 Å². The second-order valence-corrected chi connectivity index (χ2v) is 21.2. The fraction of sp³-hybridized carbons (Fsp3) is 0.0278.